The quantitative estimate of drug-likeness (QED) is 0.851. The average molecular weight is 300 g/mol. The van der Waals surface area contributed by atoms with Gasteiger partial charge in [-0.15, -0.1) is 0 Å². The summed E-state index contributed by atoms with van der Waals surface area (Å²) in [5.41, 5.74) is 1.06. The fraction of sp³-hybridized carbons (Fsp3) is 0.529. The van der Waals surface area contributed by atoms with Crippen LogP contribution in [-0.4, -0.2) is 35.5 Å². The minimum absolute atomic E-state index is 0.0292. The number of carbonyl (C=O) groups is 2. The summed E-state index contributed by atoms with van der Waals surface area (Å²) in [5.74, 6) is 0.143. The average Bonchev–Trinajstić information content (AvgIpc) is 2.97. The molecule has 2 saturated heterocycles. The molecule has 0 bridgehead atoms. The Hall–Kier alpha value is -2.04. The Morgan fingerprint density at radius 2 is 2.00 bits per heavy atom. The molecule has 1 saturated carbocycles. The van der Waals surface area contributed by atoms with Crippen molar-refractivity contribution >= 4 is 12.0 Å². The largest absolute Gasteiger partial charge is 0.445 e. The molecular formula is C17H20N2O3. The van der Waals surface area contributed by atoms with Crippen molar-refractivity contribution in [1.29, 1.82) is 0 Å². The first-order valence-electron chi connectivity index (χ1n) is 7.89. The summed E-state index contributed by atoms with van der Waals surface area (Å²) in [6, 6.07) is 9.71. The van der Waals surface area contributed by atoms with Gasteiger partial charge in [-0.3, -0.25) is 4.79 Å². The zero-order valence-corrected chi connectivity index (χ0v) is 12.5. The van der Waals surface area contributed by atoms with E-state index in [-0.39, 0.29) is 23.0 Å². The van der Waals surface area contributed by atoms with Crippen LogP contribution in [0.4, 0.5) is 4.79 Å². The number of benzene rings is 1. The molecule has 4 rings (SSSR count). The van der Waals surface area contributed by atoms with Gasteiger partial charge in [0, 0.05) is 18.5 Å². The molecule has 1 unspecified atom stereocenters. The van der Waals surface area contributed by atoms with E-state index in [0.29, 0.717) is 19.6 Å². The number of rotatable bonds is 2. The lowest BCUT2D eigenvalue weighted by atomic mass is 9.50. The first-order chi connectivity index (χ1) is 10.6. The van der Waals surface area contributed by atoms with Crippen molar-refractivity contribution in [1.82, 2.24) is 10.2 Å². The van der Waals surface area contributed by atoms with Crippen LogP contribution < -0.4 is 5.32 Å². The third-order valence-corrected chi connectivity index (χ3v) is 5.70. The van der Waals surface area contributed by atoms with Gasteiger partial charge < -0.3 is 15.0 Å². The Labute approximate surface area is 129 Å². The van der Waals surface area contributed by atoms with E-state index in [1.807, 2.05) is 30.3 Å². The highest BCUT2D eigenvalue weighted by atomic mass is 16.6. The minimum Gasteiger partial charge on any atom is -0.445 e. The van der Waals surface area contributed by atoms with Crippen molar-refractivity contribution in [2.75, 3.05) is 13.1 Å². The van der Waals surface area contributed by atoms with Crippen molar-refractivity contribution in [3.63, 3.8) is 0 Å². The standard InChI is InChI=1S/C17H20N2O3/c20-14-10-17(18-14)7-6-16(17)8-9-19(12-16)15(21)22-11-13-4-2-1-3-5-13/h1-5H,6-12H2,(H,18,20)/t16-,17?/m0/s1. The summed E-state index contributed by atoms with van der Waals surface area (Å²) in [6.45, 7) is 1.75. The van der Waals surface area contributed by atoms with Gasteiger partial charge in [0.05, 0.1) is 12.0 Å². The molecule has 5 nitrogen and oxygen atoms in total. The Morgan fingerprint density at radius 3 is 2.64 bits per heavy atom. The van der Waals surface area contributed by atoms with Gasteiger partial charge in [0.15, 0.2) is 0 Å². The molecule has 5 heteroatoms. The molecule has 1 aliphatic carbocycles. The lowest BCUT2D eigenvalue weighted by molar-refractivity contribution is -0.151. The van der Waals surface area contributed by atoms with E-state index >= 15 is 0 Å². The molecule has 3 aliphatic rings. The normalized spacial score (nSPS) is 32.5. The SMILES string of the molecule is O=C1CC2(CC[C@@]23CCN(C(=O)OCc2ccccc2)C3)N1. The number of fused-ring (bicyclic) bond motifs is 1. The van der Waals surface area contributed by atoms with Crippen LogP contribution in [0.15, 0.2) is 30.3 Å². The zero-order chi connectivity index (χ0) is 15.2. The molecule has 0 aromatic heterocycles. The highest BCUT2D eigenvalue weighted by Gasteiger charge is 2.66. The molecule has 2 spiro atoms. The number of nitrogens with zero attached hydrogens (tertiary/aromatic N) is 1. The molecule has 1 N–H and O–H groups in total. The molecule has 2 amide bonds. The summed E-state index contributed by atoms with van der Waals surface area (Å²) in [7, 11) is 0. The van der Waals surface area contributed by atoms with E-state index in [1.54, 1.807) is 4.90 Å². The van der Waals surface area contributed by atoms with Gasteiger partial charge in [-0.25, -0.2) is 4.79 Å². The van der Waals surface area contributed by atoms with Gasteiger partial charge in [0.1, 0.15) is 6.61 Å². The van der Waals surface area contributed by atoms with Crippen LogP contribution in [0.3, 0.4) is 0 Å². The van der Waals surface area contributed by atoms with Gasteiger partial charge in [-0.1, -0.05) is 30.3 Å². The smallest absolute Gasteiger partial charge is 0.410 e. The van der Waals surface area contributed by atoms with Crippen LogP contribution in [0.25, 0.3) is 0 Å². The van der Waals surface area contributed by atoms with Crippen molar-refractivity contribution < 1.29 is 14.3 Å². The maximum absolute atomic E-state index is 12.2. The van der Waals surface area contributed by atoms with E-state index < -0.39 is 0 Å². The summed E-state index contributed by atoms with van der Waals surface area (Å²) >= 11 is 0. The Kier molecular flexibility index (Phi) is 2.93. The first-order valence-corrected chi connectivity index (χ1v) is 7.89. The molecule has 2 aliphatic heterocycles. The zero-order valence-electron chi connectivity index (χ0n) is 12.5. The Bertz CT molecular complexity index is 608. The van der Waals surface area contributed by atoms with Crippen molar-refractivity contribution in [2.24, 2.45) is 5.41 Å². The van der Waals surface area contributed by atoms with Crippen LogP contribution in [0.1, 0.15) is 31.2 Å². The molecule has 116 valence electrons. The number of nitrogens with one attached hydrogen (secondary N) is 1. The van der Waals surface area contributed by atoms with E-state index in [1.165, 1.54) is 0 Å². The molecule has 3 fully saturated rings. The van der Waals surface area contributed by atoms with Crippen LogP contribution in [0.2, 0.25) is 0 Å². The molecular weight excluding hydrogens is 280 g/mol. The lowest BCUT2D eigenvalue weighted by Crippen LogP contribution is -2.75. The van der Waals surface area contributed by atoms with Gasteiger partial charge in [0.2, 0.25) is 5.91 Å². The topological polar surface area (TPSA) is 58.6 Å². The Morgan fingerprint density at radius 1 is 1.23 bits per heavy atom. The number of amides is 2. The van der Waals surface area contributed by atoms with Crippen molar-refractivity contribution in [3.8, 4) is 0 Å². The number of ether oxygens (including phenoxy) is 1. The molecule has 0 radical (unpaired) electrons. The summed E-state index contributed by atoms with van der Waals surface area (Å²) in [6.07, 6.45) is 3.49. The predicted molar refractivity (Wildman–Crippen MR) is 80.0 cm³/mol. The van der Waals surface area contributed by atoms with E-state index in [4.69, 9.17) is 4.74 Å². The highest BCUT2D eigenvalue weighted by molar-refractivity contribution is 5.86. The van der Waals surface area contributed by atoms with Gasteiger partial charge >= 0.3 is 6.09 Å². The number of β-lactam (4-membered cyclic amide) rings is 1. The molecule has 2 heterocycles. The lowest BCUT2D eigenvalue weighted by Gasteiger charge is -2.62. The highest BCUT2D eigenvalue weighted by Crippen LogP contribution is 2.59. The minimum atomic E-state index is -0.242. The predicted octanol–water partition coefficient (Wildman–Crippen LogP) is 2.07. The maximum Gasteiger partial charge on any atom is 0.410 e. The number of hydrogen-bond acceptors (Lipinski definition) is 3. The van der Waals surface area contributed by atoms with Gasteiger partial charge in [0.25, 0.3) is 0 Å². The van der Waals surface area contributed by atoms with Crippen LogP contribution in [0.5, 0.6) is 0 Å². The number of carbonyl (C=O) groups excluding carboxylic acids is 2. The van der Waals surface area contributed by atoms with Crippen molar-refractivity contribution in [2.45, 2.75) is 37.8 Å². The van der Waals surface area contributed by atoms with E-state index in [2.05, 4.69) is 5.32 Å². The summed E-state index contributed by atoms with van der Waals surface area (Å²) in [5, 5.41) is 3.09. The van der Waals surface area contributed by atoms with Gasteiger partial charge in [-0.05, 0) is 24.8 Å². The molecule has 22 heavy (non-hydrogen) atoms. The molecule has 2 atom stereocenters. The summed E-state index contributed by atoms with van der Waals surface area (Å²) < 4.78 is 5.41. The van der Waals surface area contributed by atoms with Crippen LogP contribution >= 0.6 is 0 Å². The summed E-state index contributed by atoms with van der Waals surface area (Å²) in [4.78, 5) is 25.4. The monoisotopic (exact) mass is 300 g/mol. The third kappa shape index (κ3) is 1.91. The third-order valence-electron chi connectivity index (χ3n) is 5.70. The second-order valence-corrected chi connectivity index (χ2v) is 6.80. The first kappa shape index (κ1) is 13.6. The number of likely N-dealkylation sites (tertiary alicyclic amines) is 1. The van der Waals surface area contributed by atoms with E-state index in [0.717, 1.165) is 31.4 Å². The molecule has 1 aromatic carbocycles. The van der Waals surface area contributed by atoms with E-state index in [9.17, 15) is 9.59 Å². The van der Waals surface area contributed by atoms with Crippen LogP contribution in [-0.2, 0) is 16.1 Å². The van der Waals surface area contributed by atoms with Gasteiger partial charge in [-0.2, -0.15) is 0 Å². The van der Waals surface area contributed by atoms with Crippen LogP contribution in [0, 0.1) is 5.41 Å². The van der Waals surface area contributed by atoms with Crippen molar-refractivity contribution in [3.05, 3.63) is 35.9 Å². The fourth-order valence-electron chi connectivity index (χ4n) is 4.21. The molecule has 1 aromatic rings. The second kappa shape index (κ2) is 4.73. The second-order valence-electron chi connectivity index (χ2n) is 6.80. The fourth-order valence-corrected chi connectivity index (χ4v) is 4.21. The number of hydrogen-bond donors (Lipinski definition) is 1. The Balaban J connectivity index is 1.35. The maximum atomic E-state index is 12.2.